The maximum atomic E-state index is 12.0. The first-order valence-corrected chi connectivity index (χ1v) is 6.83. The fourth-order valence-electron chi connectivity index (χ4n) is 2.24. The molecule has 1 aromatic carbocycles. The van der Waals surface area contributed by atoms with Crippen LogP contribution in [0.2, 0.25) is 0 Å². The summed E-state index contributed by atoms with van der Waals surface area (Å²) in [6.45, 7) is 2.12. The van der Waals surface area contributed by atoms with E-state index in [1.807, 2.05) is 30.3 Å². The molecule has 4 nitrogen and oxygen atoms in total. The van der Waals surface area contributed by atoms with Gasteiger partial charge in [0, 0.05) is 18.2 Å². The highest BCUT2D eigenvalue weighted by Gasteiger charge is 2.23. The van der Waals surface area contributed by atoms with E-state index in [2.05, 4.69) is 5.10 Å². The molecule has 3 rings (SSSR count). The molecule has 1 aliphatic rings. The average Bonchev–Trinajstić information content (AvgIpc) is 3.25. The summed E-state index contributed by atoms with van der Waals surface area (Å²) in [6, 6.07) is 10.9. The average molecular weight is 268 g/mol. The highest BCUT2D eigenvalue weighted by molar-refractivity contribution is 5.99. The molecular formula is C16H16N2O2. The van der Waals surface area contributed by atoms with Gasteiger partial charge in [0.15, 0.2) is 5.78 Å². The first kappa shape index (κ1) is 12.8. The monoisotopic (exact) mass is 268 g/mol. The van der Waals surface area contributed by atoms with Gasteiger partial charge in [-0.25, -0.2) is 4.68 Å². The molecule has 0 aliphatic heterocycles. The highest BCUT2D eigenvalue weighted by Crippen LogP contribution is 2.30. The third-order valence-corrected chi connectivity index (χ3v) is 3.55. The fraction of sp³-hybridized carbons (Fsp3) is 0.312. The SMILES string of the molecule is CC(=O)c1cc(=O)n(CC2CC2)nc1-c1ccccc1. The van der Waals surface area contributed by atoms with Crippen LogP contribution in [0.5, 0.6) is 0 Å². The lowest BCUT2D eigenvalue weighted by atomic mass is 10.0. The van der Waals surface area contributed by atoms with Crippen LogP contribution in [0.3, 0.4) is 0 Å². The zero-order chi connectivity index (χ0) is 14.1. The maximum absolute atomic E-state index is 12.0. The van der Waals surface area contributed by atoms with Crippen molar-refractivity contribution in [3.63, 3.8) is 0 Å². The Labute approximate surface area is 117 Å². The second-order valence-electron chi connectivity index (χ2n) is 5.29. The smallest absolute Gasteiger partial charge is 0.267 e. The van der Waals surface area contributed by atoms with E-state index in [0.717, 1.165) is 18.4 Å². The summed E-state index contributed by atoms with van der Waals surface area (Å²) in [5.41, 5.74) is 1.66. The summed E-state index contributed by atoms with van der Waals surface area (Å²) < 4.78 is 1.49. The molecule has 1 aromatic heterocycles. The molecule has 0 unspecified atom stereocenters. The van der Waals surface area contributed by atoms with Gasteiger partial charge in [0.05, 0.1) is 5.56 Å². The lowest BCUT2D eigenvalue weighted by molar-refractivity contribution is 0.101. The van der Waals surface area contributed by atoms with Crippen LogP contribution in [0.1, 0.15) is 30.1 Å². The van der Waals surface area contributed by atoms with Crippen molar-refractivity contribution in [2.24, 2.45) is 5.92 Å². The predicted molar refractivity (Wildman–Crippen MR) is 76.7 cm³/mol. The Morgan fingerprint density at radius 2 is 2.00 bits per heavy atom. The van der Waals surface area contributed by atoms with E-state index in [9.17, 15) is 9.59 Å². The van der Waals surface area contributed by atoms with Gasteiger partial charge < -0.3 is 0 Å². The Bertz CT molecular complexity index is 700. The standard InChI is InChI=1S/C16H16N2O2/c1-11(19)14-9-15(20)18(10-12-7-8-12)17-16(14)13-5-3-2-4-6-13/h2-6,9,12H,7-8,10H2,1H3. The van der Waals surface area contributed by atoms with Crippen LogP contribution >= 0.6 is 0 Å². The predicted octanol–water partition coefficient (Wildman–Crippen LogP) is 2.52. The van der Waals surface area contributed by atoms with Crippen molar-refractivity contribution in [1.82, 2.24) is 9.78 Å². The minimum Gasteiger partial charge on any atom is -0.294 e. The number of rotatable bonds is 4. The van der Waals surface area contributed by atoms with Crippen LogP contribution in [-0.4, -0.2) is 15.6 Å². The van der Waals surface area contributed by atoms with Gasteiger partial charge >= 0.3 is 0 Å². The molecule has 0 N–H and O–H groups in total. The summed E-state index contributed by atoms with van der Waals surface area (Å²) in [6.07, 6.45) is 2.31. The van der Waals surface area contributed by atoms with Gasteiger partial charge in [-0.2, -0.15) is 5.10 Å². The number of carbonyl (C=O) groups is 1. The van der Waals surface area contributed by atoms with Crippen LogP contribution in [0.15, 0.2) is 41.2 Å². The minimum absolute atomic E-state index is 0.132. The van der Waals surface area contributed by atoms with E-state index in [4.69, 9.17) is 0 Å². The quantitative estimate of drug-likeness (QED) is 0.801. The van der Waals surface area contributed by atoms with Crippen molar-refractivity contribution in [1.29, 1.82) is 0 Å². The van der Waals surface area contributed by atoms with Crippen LogP contribution in [0.4, 0.5) is 0 Å². The van der Waals surface area contributed by atoms with Gasteiger partial charge in [-0.15, -0.1) is 0 Å². The van der Waals surface area contributed by atoms with Gasteiger partial charge in [0.2, 0.25) is 0 Å². The molecule has 4 heteroatoms. The molecule has 102 valence electrons. The zero-order valence-electron chi connectivity index (χ0n) is 11.4. The summed E-state index contributed by atoms with van der Waals surface area (Å²) in [5, 5.41) is 4.43. The second kappa shape index (κ2) is 5.04. The largest absolute Gasteiger partial charge is 0.294 e. The Morgan fingerprint density at radius 1 is 1.30 bits per heavy atom. The molecule has 2 aromatic rings. The molecule has 0 spiro atoms. The molecule has 20 heavy (non-hydrogen) atoms. The zero-order valence-corrected chi connectivity index (χ0v) is 11.4. The van der Waals surface area contributed by atoms with Crippen LogP contribution in [0, 0.1) is 5.92 Å². The van der Waals surface area contributed by atoms with Gasteiger partial charge in [-0.1, -0.05) is 30.3 Å². The Morgan fingerprint density at radius 3 is 2.60 bits per heavy atom. The van der Waals surface area contributed by atoms with E-state index in [1.54, 1.807) is 0 Å². The third-order valence-electron chi connectivity index (χ3n) is 3.55. The normalized spacial score (nSPS) is 14.2. The van der Waals surface area contributed by atoms with Crippen LogP contribution < -0.4 is 5.56 Å². The maximum Gasteiger partial charge on any atom is 0.267 e. The molecule has 1 fully saturated rings. The summed E-state index contributed by atoms with van der Waals surface area (Å²) in [5.74, 6) is 0.430. The van der Waals surface area contributed by atoms with E-state index in [0.29, 0.717) is 23.7 Å². The summed E-state index contributed by atoms with van der Waals surface area (Å²) in [7, 11) is 0. The van der Waals surface area contributed by atoms with E-state index < -0.39 is 0 Å². The first-order chi connectivity index (χ1) is 9.65. The van der Waals surface area contributed by atoms with Gasteiger partial charge in [0.1, 0.15) is 5.69 Å². The molecule has 0 radical (unpaired) electrons. The molecule has 1 saturated carbocycles. The lowest BCUT2D eigenvalue weighted by Gasteiger charge is -2.10. The Balaban J connectivity index is 2.13. The summed E-state index contributed by atoms with van der Waals surface area (Å²) >= 11 is 0. The van der Waals surface area contributed by atoms with Crippen molar-refractivity contribution < 1.29 is 4.79 Å². The fourth-order valence-corrected chi connectivity index (χ4v) is 2.24. The molecule has 0 saturated heterocycles. The minimum atomic E-state index is -0.193. The van der Waals surface area contributed by atoms with Crippen molar-refractivity contribution in [2.75, 3.05) is 0 Å². The van der Waals surface area contributed by atoms with Crippen molar-refractivity contribution in [3.8, 4) is 11.3 Å². The lowest BCUT2D eigenvalue weighted by Crippen LogP contribution is -2.25. The van der Waals surface area contributed by atoms with Crippen molar-refractivity contribution in [2.45, 2.75) is 26.3 Å². The Kier molecular flexibility index (Phi) is 3.22. The van der Waals surface area contributed by atoms with E-state index in [-0.39, 0.29) is 11.3 Å². The number of carbonyl (C=O) groups excluding carboxylic acids is 1. The number of hydrogen-bond acceptors (Lipinski definition) is 3. The number of nitrogens with zero attached hydrogens (tertiary/aromatic N) is 2. The molecule has 0 bridgehead atoms. The number of Topliss-reactive ketones (excluding diaryl/α,β-unsaturated/α-hetero) is 1. The molecule has 0 atom stereocenters. The highest BCUT2D eigenvalue weighted by atomic mass is 16.1. The molecular weight excluding hydrogens is 252 g/mol. The molecule has 1 heterocycles. The number of ketones is 1. The van der Waals surface area contributed by atoms with E-state index in [1.165, 1.54) is 17.7 Å². The summed E-state index contributed by atoms with van der Waals surface area (Å²) in [4.78, 5) is 23.8. The number of benzene rings is 1. The second-order valence-corrected chi connectivity index (χ2v) is 5.29. The van der Waals surface area contributed by atoms with Gasteiger partial charge in [-0.3, -0.25) is 9.59 Å². The molecule has 1 aliphatic carbocycles. The van der Waals surface area contributed by atoms with Gasteiger partial charge in [-0.05, 0) is 25.7 Å². The van der Waals surface area contributed by atoms with Gasteiger partial charge in [0.25, 0.3) is 5.56 Å². The van der Waals surface area contributed by atoms with Crippen LogP contribution in [-0.2, 0) is 6.54 Å². The van der Waals surface area contributed by atoms with Crippen molar-refractivity contribution >= 4 is 5.78 Å². The van der Waals surface area contributed by atoms with Crippen LogP contribution in [0.25, 0.3) is 11.3 Å². The molecule has 0 amide bonds. The number of hydrogen-bond donors (Lipinski definition) is 0. The number of aromatic nitrogens is 2. The Hall–Kier alpha value is -2.23. The topological polar surface area (TPSA) is 52.0 Å². The third kappa shape index (κ3) is 2.54. The van der Waals surface area contributed by atoms with Crippen molar-refractivity contribution in [3.05, 3.63) is 52.3 Å². The van der Waals surface area contributed by atoms with E-state index >= 15 is 0 Å². The first-order valence-electron chi connectivity index (χ1n) is 6.83.